The Morgan fingerprint density at radius 3 is 2.38 bits per heavy atom. The van der Waals surface area contributed by atoms with Gasteiger partial charge in [-0.05, 0) is 19.3 Å². The third-order valence-corrected chi connectivity index (χ3v) is 5.17. The van der Waals surface area contributed by atoms with Gasteiger partial charge >= 0.3 is 0 Å². The summed E-state index contributed by atoms with van der Waals surface area (Å²) in [4.78, 5) is 11.8. The van der Waals surface area contributed by atoms with Gasteiger partial charge in [0, 0.05) is 18.1 Å². The van der Waals surface area contributed by atoms with E-state index in [1.54, 1.807) is 6.92 Å². The first-order valence-corrected chi connectivity index (χ1v) is 8.10. The first-order chi connectivity index (χ1) is 7.55. The maximum absolute atomic E-state index is 11.8. The molecule has 0 aromatic heterocycles. The summed E-state index contributed by atoms with van der Waals surface area (Å²) in [6.07, 6.45) is 6.54. The molecule has 94 valence electrons. The Bertz CT molecular complexity index is 313. The maximum Gasteiger partial charge on any atom is 0.150 e. The van der Waals surface area contributed by atoms with Crippen molar-refractivity contribution in [1.82, 2.24) is 0 Å². The summed E-state index contributed by atoms with van der Waals surface area (Å²) in [6.45, 7) is 1.65. The normalized spacial score (nSPS) is 18.6. The van der Waals surface area contributed by atoms with Crippen LogP contribution in [0.1, 0.15) is 51.9 Å². The average Bonchev–Trinajstić information content (AvgIpc) is 2.30. The third-order valence-electron chi connectivity index (χ3n) is 3.38. The van der Waals surface area contributed by atoms with Crippen molar-refractivity contribution >= 4 is 15.6 Å². The van der Waals surface area contributed by atoms with Gasteiger partial charge in [0.1, 0.15) is 15.6 Å². The largest absolute Gasteiger partial charge is 0.299 e. The van der Waals surface area contributed by atoms with Crippen molar-refractivity contribution < 1.29 is 13.2 Å². The predicted molar refractivity (Wildman–Crippen MR) is 65.1 cm³/mol. The van der Waals surface area contributed by atoms with Gasteiger partial charge in [-0.3, -0.25) is 4.79 Å². The summed E-state index contributed by atoms with van der Waals surface area (Å²) in [5.74, 6) is 0.858. The lowest BCUT2D eigenvalue weighted by atomic mass is 9.85. The molecule has 1 saturated carbocycles. The molecule has 0 amide bonds. The summed E-state index contributed by atoms with van der Waals surface area (Å²) in [5.41, 5.74) is 0. The van der Waals surface area contributed by atoms with Crippen LogP contribution in [0.5, 0.6) is 0 Å². The van der Waals surface area contributed by atoms with E-state index in [9.17, 15) is 13.2 Å². The lowest BCUT2D eigenvalue weighted by Crippen LogP contribution is -2.19. The van der Waals surface area contributed by atoms with Crippen LogP contribution in [0.25, 0.3) is 0 Å². The molecule has 0 radical (unpaired) electrons. The van der Waals surface area contributed by atoms with Crippen LogP contribution in [0.15, 0.2) is 0 Å². The lowest BCUT2D eigenvalue weighted by molar-refractivity contribution is -0.123. The van der Waals surface area contributed by atoms with Crippen molar-refractivity contribution in [3.63, 3.8) is 0 Å². The van der Waals surface area contributed by atoms with E-state index in [4.69, 9.17) is 0 Å². The van der Waals surface area contributed by atoms with Crippen molar-refractivity contribution in [3.8, 4) is 0 Å². The highest BCUT2D eigenvalue weighted by Gasteiger charge is 2.20. The summed E-state index contributed by atoms with van der Waals surface area (Å²) in [6, 6.07) is 0. The molecule has 1 aliphatic rings. The van der Waals surface area contributed by atoms with Crippen LogP contribution in [-0.4, -0.2) is 25.7 Å². The quantitative estimate of drug-likeness (QED) is 0.723. The molecule has 1 rings (SSSR count). The van der Waals surface area contributed by atoms with Crippen molar-refractivity contribution in [2.45, 2.75) is 51.9 Å². The number of Topliss-reactive ketones (excluding diaryl/α,β-unsaturated/α-hetero) is 1. The van der Waals surface area contributed by atoms with E-state index < -0.39 is 9.84 Å². The van der Waals surface area contributed by atoms with Crippen molar-refractivity contribution in [2.75, 3.05) is 11.5 Å². The Morgan fingerprint density at radius 2 is 1.81 bits per heavy atom. The number of sulfone groups is 1. The molecule has 0 N–H and O–H groups in total. The molecule has 0 spiro atoms. The predicted octanol–water partition coefficient (Wildman–Crippen LogP) is 2.35. The van der Waals surface area contributed by atoms with Crippen LogP contribution in [-0.2, 0) is 14.6 Å². The zero-order chi connectivity index (χ0) is 12.0. The van der Waals surface area contributed by atoms with Gasteiger partial charge < -0.3 is 0 Å². The van der Waals surface area contributed by atoms with Gasteiger partial charge in [0.05, 0.1) is 5.75 Å². The zero-order valence-corrected chi connectivity index (χ0v) is 10.9. The van der Waals surface area contributed by atoms with Gasteiger partial charge in [0.15, 0.2) is 0 Å². The monoisotopic (exact) mass is 246 g/mol. The smallest absolute Gasteiger partial charge is 0.150 e. The number of rotatable bonds is 6. The molecule has 1 fully saturated rings. The summed E-state index contributed by atoms with van der Waals surface area (Å²) < 4.78 is 22.5. The Balaban J connectivity index is 2.24. The van der Waals surface area contributed by atoms with E-state index in [1.807, 2.05) is 0 Å². The fraction of sp³-hybridized carbons (Fsp3) is 0.917. The minimum atomic E-state index is -2.90. The second kappa shape index (κ2) is 6.38. The summed E-state index contributed by atoms with van der Waals surface area (Å²) in [5, 5.41) is 0. The zero-order valence-electron chi connectivity index (χ0n) is 10.1. The Labute approximate surface area is 98.5 Å². The molecule has 4 heteroatoms. The number of hydrogen-bond donors (Lipinski definition) is 0. The summed E-state index contributed by atoms with van der Waals surface area (Å²) >= 11 is 0. The number of hydrogen-bond acceptors (Lipinski definition) is 3. The molecule has 0 atom stereocenters. The standard InChI is InChI=1S/C12H22O3S/c1-2-16(14,15)10-6-9-12(13)11-7-4-3-5-8-11/h11H,2-10H2,1H3. The second-order valence-corrected chi connectivity index (χ2v) is 7.11. The molecule has 1 aliphatic carbocycles. The molecule has 3 nitrogen and oxygen atoms in total. The molecular weight excluding hydrogens is 224 g/mol. The van der Waals surface area contributed by atoms with E-state index in [-0.39, 0.29) is 23.2 Å². The van der Waals surface area contributed by atoms with Crippen molar-refractivity contribution in [2.24, 2.45) is 5.92 Å². The minimum absolute atomic E-state index is 0.169. The van der Waals surface area contributed by atoms with Gasteiger partial charge in [-0.25, -0.2) is 8.42 Å². The fourth-order valence-electron chi connectivity index (χ4n) is 2.24. The van der Waals surface area contributed by atoms with Crippen LogP contribution < -0.4 is 0 Å². The molecule has 0 aromatic carbocycles. The molecule has 0 aliphatic heterocycles. The maximum atomic E-state index is 11.8. The van der Waals surface area contributed by atoms with Gasteiger partial charge in [-0.15, -0.1) is 0 Å². The van der Waals surface area contributed by atoms with E-state index in [0.29, 0.717) is 12.8 Å². The van der Waals surface area contributed by atoms with Crippen LogP contribution in [0.3, 0.4) is 0 Å². The highest BCUT2D eigenvalue weighted by molar-refractivity contribution is 7.91. The van der Waals surface area contributed by atoms with E-state index >= 15 is 0 Å². The number of carbonyl (C=O) groups is 1. The van der Waals surface area contributed by atoms with Crippen LogP contribution >= 0.6 is 0 Å². The molecule has 0 saturated heterocycles. The average molecular weight is 246 g/mol. The number of ketones is 1. The molecule has 0 unspecified atom stereocenters. The van der Waals surface area contributed by atoms with Crippen molar-refractivity contribution in [3.05, 3.63) is 0 Å². The second-order valence-electron chi connectivity index (χ2n) is 4.64. The SMILES string of the molecule is CCS(=O)(=O)CCCC(=O)C1CCCCC1. The summed E-state index contributed by atoms with van der Waals surface area (Å²) in [7, 11) is -2.90. The molecule has 0 heterocycles. The van der Waals surface area contributed by atoms with E-state index in [1.165, 1.54) is 6.42 Å². The highest BCUT2D eigenvalue weighted by Crippen LogP contribution is 2.25. The van der Waals surface area contributed by atoms with Crippen LogP contribution in [0, 0.1) is 5.92 Å². The molecular formula is C12H22O3S. The highest BCUT2D eigenvalue weighted by atomic mass is 32.2. The molecule has 0 aromatic rings. The van der Waals surface area contributed by atoms with E-state index in [2.05, 4.69) is 0 Å². The lowest BCUT2D eigenvalue weighted by Gasteiger charge is -2.20. The van der Waals surface area contributed by atoms with Crippen molar-refractivity contribution in [1.29, 1.82) is 0 Å². The van der Waals surface area contributed by atoms with Crippen LogP contribution in [0.2, 0.25) is 0 Å². The Kier molecular flexibility index (Phi) is 5.46. The van der Waals surface area contributed by atoms with Crippen LogP contribution in [0.4, 0.5) is 0 Å². The Hall–Kier alpha value is -0.380. The first kappa shape index (κ1) is 13.7. The van der Waals surface area contributed by atoms with Gasteiger partial charge in [-0.1, -0.05) is 26.2 Å². The van der Waals surface area contributed by atoms with Gasteiger partial charge in [0.25, 0.3) is 0 Å². The third kappa shape index (κ3) is 4.64. The number of carbonyl (C=O) groups excluding carboxylic acids is 1. The molecule has 0 bridgehead atoms. The fourth-order valence-corrected chi connectivity index (χ4v) is 3.11. The first-order valence-electron chi connectivity index (χ1n) is 6.28. The molecule has 16 heavy (non-hydrogen) atoms. The van der Waals surface area contributed by atoms with Gasteiger partial charge in [-0.2, -0.15) is 0 Å². The van der Waals surface area contributed by atoms with Gasteiger partial charge in [0.2, 0.25) is 0 Å². The topological polar surface area (TPSA) is 51.2 Å². The Morgan fingerprint density at radius 1 is 1.19 bits per heavy atom. The minimum Gasteiger partial charge on any atom is -0.299 e. The van der Waals surface area contributed by atoms with E-state index in [0.717, 1.165) is 25.7 Å².